The molecular weight excluding hydrogens is 455 g/mol. The summed E-state index contributed by atoms with van der Waals surface area (Å²) >= 11 is 0. The standard InChI is InChI=1S/C18H19F5N8O2/c19-11(20)8-26-13-10(7-24)25-9-12(27-13)30-4-1-17(2-5-30)3-6-31(15(17)32)16-29-28-14(33-16)18(21,22)23/h7,9,11,24H,1-6,8H2,(H,26,27). The molecule has 4 heterocycles. The first kappa shape index (κ1) is 22.8. The Hall–Kier alpha value is -3.39. The van der Waals surface area contributed by atoms with Crippen LogP contribution in [-0.2, 0) is 11.0 Å². The molecule has 15 heteroatoms. The quantitative estimate of drug-likeness (QED) is 0.484. The number of halogens is 5. The summed E-state index contributed by atoms with van der Waals surface area (Å²) < 4.78 is 67.9. The highest BCUT2D eigenvalue weighted by atomic mass is 19.4. The van der Waals surface area contributed by atoms with Crippen molar-refractivity contribution in [3.05, 3.63) is 17.8 Å². The molecule has 0 aromatic carbocycles. The van der Waals surface area contributed by atoms with Crippen LogP contribution in [0.3, 0.4) is 0 Å². The van der Waals surface area contributed by atoms with Gasteiger partial charge in [-0.05, 0) is 19.3 Å². The maximum absolute atomic E-state index is 13.0. The van der Waals surface area contributed by atoms with Gasteiger partial charge in [-0.3, -0.25) is 9.69 Å². The molecule has 0 atom stereocenters. The number of piperidine rings is 1. The summed E-state index contributed by atoms with van der Waals surface area (Å²) in [7, 11) is 0. The van der Waals surface area contributed by atoms with Crippen molar-refractivity contribution in [2.75, 3.05) is 41.3 Å². The van der Waals surface area contributed by atoms with Crippen LogP contribution < -0.4 is 15.1 Å². The molecule has 2 aliphatic heterocycles. The third-order valence-electron chi connectivity index (χ3n) is 5.79. The second-order valence-electron chi connectivity index (χ2n) is 7.74. The SMILES string of the molecule is N=Cc1ncc(N2CCC3(CC2)CCN(c2nnc(C(F)(F)F)o2)C3=O)nc1NCC(F)F. The molecular formula is C18H19F5N8O2. The first-order valence-electron chi connectivity index (χ1n) is 10.00. The van der Waals surface area contributed by atoms with E-state index in [9.17, 15) is 26.7 Å². The zero-order valence-electron chi connectivity index (χ0n) is 17.1. The fourth-order valence-corrected chi connectivity index (χ4v) is 4.02. The fourth-order valence-electron chi connectivity index (χ4n) is 4.02. The number of alkyl halides is 5. The van der Waals surface area contributed by atoms with E-state index in [1.807, 2.05) is 4.90 Å². The second-order valence-corrected chi connectivity index (χ2v) is 7.74. The van der Waals surface area contributed by atoms with Gasteiger partial charge in [0.15, 0.2) is 5.82 Å². The van der Waals surface area contributed by atoms with E-state index in [0.29, 0.717) is 38.2 Å². The lowest BCUT2D eigenvalue weighted by Crippen LogP contribution is -2.45. The van der Waals surface area contributed by atoms with E-state index in [1.165, 1.54) is 6.20 Å². The second kappa shape index (κ2) is 8.51. The van der Waals surface area contributed by atoms with E-state index < -0.39 is 36.5 Å². The average Bonchev–Trinajstić information content (AvgIpc) is 3.39. The van der Waals surface area contributed by atoms with Crippen molar-refractivity contribution >= 4 is 29.8 Å². The number of aromatic nitrogens is 4. The largest absolute Gasteiger partial charge is 0.470 e. The van der Waals surface area contributed by atoms with Gasteiger partial charge in [-0.25, -0.2) is 18.7 Å². The number of nitrogens with zero attached hydrogens (tertiary/aromatic N) is 6. The Labute approximate surface area is 183 Å². The van der Waals surface area contributed by atoms with Crippen molar-refractivity contribution in [2.45, 2.75) is 31.9 Å². The molecule has 0 unspecified atom stereocenters. The van der Waals surface area contributed by atoms with Crippen molar-refractivity contribution < 1.29 is 31.2 Å². The number of rotatable bonds is 6. The van der Waals surface area contributed by atoms with Gasteiger partial charge in [0.25, 0.3) is 6.43 Å². The third kappa shape index (κ3) is 4.43. The van der Waals surface area contributed by atoms with Gasteiger partial charge in [-0.1, -0.05) is 5.10 Å². The van der Waals surface area contributed by atoms with Crippen LogP contribution >= 0.6 is 0 Å². The minimum Gasteiger partial charge on any atom is -0.399 e. The predicted octanol–water partition coefficient (Wildman–Crippen LogP) is 2.58. The van der Waals surface area contributed by atoms with Crippen molar-refractivity contribution in [1.29, 1.82) is 5.41 Å². The highest BCUT2D eigenvalue weighted by molar-refractivity contribution is 5.98. The van der Waals surface area contributed by atoms with Gasteiger partial charge in [0, 0.05) is 25.8 Å². The Bertz CT molecular complexity index is 1040. The van der Waals surface area contributed by atoms with Gasteiger partial charge < -0.3 is 20.0 Å². The Balaban J connectivity index is 1.44. The molecule has 0 aliphatic carbocycles. The van der Waals surface area contributed by atoms with Crippen molar-refractivity contribution in [2.24, 2.45) is 5.41 Å². The van der Waals surface area contributed by atoms with Crippen LogP contribution in [0.5, 0.6) is 0 Å². The van der Waals surface area contributed by atoms with Gasteiger partial charge in [0.2, 0.25) is 5.91 Å². The van der Waals surface area contributed by atoms with Crippen LogP contribution in [0.25, 0.3) is 0 Å². The number of hydrogen-bond acceptors (Lipinski definition) is 9. The summed E-state index contributed by atoms with van der Waals surface area (Å²) in [5.74, 6) is -1.42. The lowest BCUT2D eigenvalue weighted by atomic mass is 9.77. The molecule has 10 nitrogen and oxygen atoms in total. The van der Waals surface area contributed by atoms with Gasteiger partial charge in [-0.15, -0.1) is 5.10 Å². The lowest BCUT2D eigenvalue weighted by molar-refractivity contribution is -0.157. The maximum Gasteiger partial charge on any atom is 0.470 e. The zero-order valence-corrected chi connectivity index (χ0v) is 17.1. The number of carbonyl (C=O) groups excluding carboxylic acids is 1. The number of hydrogen-bond donors (Lipinski definition) is 2. The maximum atomic E-state index is 13.0. The van der Waals surface area contributed by atoms with Crippen LogP contribution in [-0.4, -0.2) is 64.9 Å². The van der Waals surface area contributed by atoms with Crippen molar-refractivity contribution in [3.63, 3.8) is 0 Å². The van der Waals surface area contributed by atoms with E-state index >= 15 is 0 Å². The third-order valence-corrected chi connectivity index (χ3v) is 5.79. The zero-order chi connectivity index (χ0) is 23.8. The molecule has 2 saturated heterocycles. The molecule has 0 saturated carbocycles. The Morgan fingerprint density at radius 1 is 1.21 bits per heavy atom. The van der Waals surface area contributed by atoms with Crippen LogP contribution in [0.4, 0.5) is 39.6 Å². The van der Waals surface area contributed by atoms with E-state index in [2.05, 4.69) is 29.9 Å². The Morgan fingerprint density at radius 3 is 2.52 bits per heavy atom. The van der Waals surface area contributed by atoms with Crippen molar-refractivity contribution in [1.82, 2.24) is 20.2 Å². The Morgan fingerprint density at radius 2 is 1.91 bits per heavy atom. The molecule has 33 heavy (non-hydrogen) atoms. The van der Waals surface area contributed by atoms with Gasteiger partial charge in [-0.2, -0.15) is 13.2 Å². The van der Waals surface area contributed by atoms with Crippen LogP contribution in [0.15, 0.2) is 10.6 Å². The van der Waals surface area contributed by atoms with Gasteiger partial charge in [0.1, 0.15) is 11.5 Å². The normalized spacial score (nSPS) is 18.4. The van der Waals surface area contributed by atoms with Crippen LogP contribution in [0.2, 0.25) is 0 Å². The topological polar surface area (TPSA) is 124 Å². The first-order chi connectivity index (χ1) is 15.6. The first-order valence-corrected chi connectivity index (χ1v) is 10.00. The van der Waals surface area contributed by atoms with Gasteiger partial charge >= 0.3 is 18.1 Å². The molecule has 4 rings (SSSR count). The van der Waals surface area contributed by atoms with Crippen LogP contribution in [0.1, 0.15) is 30.8 Å². The lowest BCUT2D eigenvalue weighted by Gasteiger charge is -2.38. The molecule has 2 fully saturated rings. The van der Waals surface area contributed by atoms with E-state index in [0.717, 1.165) is 11.1 Å². The number of nitrogens with one attached hydrogen (secondary N) is 2. The molecule has 0 radical (unpaired) electrons. The summed E-state index contributed by atoms with van der Waals surface area (Å²) in [6.45, 7) is 0.306. The monoisotopic (exact) mass is 474 g/mol. The van der Waals surface area contributed by atoms with Crippen LogP contribution in [0, 0.1) is 10.8 Å². The molecule has 2 N–H and O–H groups in total. The number of carbonyl (C=O) groups is 1. The highest BCUT2D eigenvalue weighted by Crippen LogP contribution is 2.44. The summed E-state index contributed by atoms with van der Waals surface area (Å²) in [6, 6.07) is -0.477. The molecule has 1 amide bonds. The van der Waals surface area contributed by atoms with E-state index in [1.54, 1.807) is 0 Å². The minimum absolute atomic E-state index is 0.0584. The molecule has 2 aromatic rings. The number of amides is 1. The van der Waals surface area contributed by atoms with E-state index in [-0.39, 0.29) is 24.0 Å². The molecule has 0 bridgehead atoms. The number of anilines is 3. The summed E-state index contributed by atoms with van der Waals surface area (Å²) in [5, 5.41) is 16.2. The fraction of sp³-hybridized carbons (Fsp3) is 0.556. The average molecular weight is 474 g/mol. The summed E-state index contributed by atoms with van der Waals surface area (Å²) in [5.41, 5.74) is -0.658. The minimum atomic E-state index is -4.80. The molecule has 1 spiro atoms. The van der Waals surface area contributed by atoms with Gasteiger partial charge in [0.05, 0.1) is 18.2 Å². The molecule has 2 aliphatic rings. The Kier molecular flexibility index (Phi) is 5.88. The van der Waals surface area contributed by atoms with Crippen molar-refractivity contribution in [3.8, 4) is 0 Å². The highest BCUT2D eigenvalue weighted by Gasteiger charge is 2.50. The predicted molar refractivity (Wildman–Crippen MR) is 105 cm³/mol. The smallest absolute Gasteiger partial charge is 0.399 e. The molecule has 178 valence electrons. The summed E-state index contributed by atoms with van der Waals surface area (Å²) in [4.78, 5) is 24.3. The summed E-state index contributed by atoms with van der Waals surface area (Å²) in [6.07, 6.45) is -3.86. The molecule has 2 aromatic heterocycles. The van der Waals surface area contributed by atoms with E-state index in [4.69, 9.17) is 5.41 Å².